The van der Waals surface area contributed by atoms with Crippen LogP contribution in [0.15, 0.2) is 267 Å². The van der Waals surface area contributed by atoms with Crippen LogP contribution in [-0.4, -0.2) is 56.9 Å². The molecule has 0 atom stereocenters. The number of benzene rings is 12. The number of ether oxygens (including phenoxy) is 8. The zero-order chi connectivity index (χ0) is 63.7. The predicted molar refractivity (Wildman–Crippen MR) is 374 cm³/mol. The maximum absolute atomic E-state index is 6.01. The topological polar surface area (TPSA) is 86.8 Å². The van der Waals surface area contributed by atoms with Crippen LogP contribution in [0.1, 0.15) is 22.3 Å². The molecule has 0 aliphatic heterocycles. The summed E-state index contributed by atoms with van der Waals surface area (Å²) >= 11 is 0. The van der Waals surface area contributed by atoms with Gasteiger partial charge in [-0.05, 0) is 228 Å². The third-order valence-corrected chi connectivity index (χ3v) is 17.9. The SMILES string of the molecule is COc1ccc(N(c2ccc(OC)cc2)c2c3c(c(N(c4ccc(OC)cc4)c4ccc(OC)cc4)c(N(c4ccc(OC)cc4)c4ccc(OC)cc4)c2N(c2ccc(OC)cc2)c2ccc(OC)cc2)C2(c4ccccc4-c4ccccc42)c2ccccc2-3)cc1. The zero-order valence-electron chi connectivity index (χ0n) is 53.0. The van der Waals surface area contributed by atoms with E-state index in [9.17, 15) is 0 Å². The molecule has 12 aromatic carbocycles. The second-order valence-corrected chi connectivity index (χ2v) is 22.5. The van der Waals surface area contributed by atoms with E-state index in [2.05, 4.69) is 189 Å². The van der Waals surface area contributed by atoms with Crippen molar-refractivity contribution in [2.45, 2.75) is 5.41 Å². The Labute approximate surface area is 542 Å². The molecular weight excluding hydrogens is 1160 g/mol. The van der Waals surface area contributed by atoms with Crippen molar-refractivity contribution >= 4 is 68.2 Å². The molecule has 0 heterocycles. The summed E-state index contributed by atoms with van der Waals surface area (Å²) in [6.07, 6.45) is 0. The van der Waals surface area contributed by atoms with Gasteiger partial charge in [0.2, 0.25) is 0 Å². The molecule has 0 N–H and O–H groups in total. The molecule has 1 spiro atoms. The Kier molecular flexibility index (Phi) is 15.8. The summed E-state index contributed by atoms with van der Waals surface area (Å²) in [7, 11) is 13.6. The smallest absolute Gasteiger partial charge is 0.119 e. The van der Waals surface area contributed by atoms with E-state index in [1.54, 1.807) is 56.9 Å². The standard InChI is InChI=1S/C81H68N4O8/c1-86-61-37-21-53(22-38-61)82(54-23-39-62(87-2)40-24-54)77-75-71-17-11-14-20-74(71)81(72-18-12-9-15-69(72)70-16-10-13-19-73(70)81)76(75)78(83(55-25-41-63(88-3)42-26-55)56-27-43-64(89-4)44-28-56)80(85(59-33-49-67(92-7)50-34-59)60-35-51-68(93-8)52-36-60)79(77)84(57-29-45-65(90-5)46-30-57)58-31-47-66(91-6)48-32-58/h9-52H,1-8H3. The van der Waals surface area contributed by atoms with Crippen LogP contribution in [0.5, 0.6) is 46.0 Å². The van der Waals surface area contributed by atoms with Gasteiger partial charge in [0.25, 0.3) is 0 Å². The maximum atomic E-state index is 6.01. The van der Waals surface area contributed by atoms with Crippen LogP contribution in [0.25, 0.3) is 22.3 Å². The van der Waals surface area contributed by atoms with Crippen LogP contribution in [0.3, 0.4) is 0 Å². The lowest BCUT2D eigenvalue weighted by Crippen LogP contribution is -2.31. The lowest BCUT2D eigenvalue weighted by molar-refractivity contribution is 0.414. The fourth-order valence-electron chi connectivity index (χ4n) is 13.6. The van der Waals surface area contributed by atoms with Crippen molar-refractivity contribution in [1.29, 1.82) is 0 Å². The molecule has 12 aromatic rings. The Morgan fingerprint density at radius 1 is 0.204 bits per heavy atom. The summed E-state index contributed by atoms with van der Waals surface area (Å²) in [5.41, 5.74) is 17.6. The molecular formula is C81H68N4O8. The van der Waals surface area contributed by atoms with Gasteiger partial charge in [-0.1, -0.05) is 72.8 Å². The van der Waals surface area contributed by atoms with Gasteiger partial charge < -0.3 is 57.5 Å². The van der Waals surface area contributed by atoms with Gasteiger partial charge in [0.05, 0.1) is 85.0 Å². The van der Waals surface area contributed by atoms with Gasteiger partial charge in [0, 0.05) is 56.6 Å². The minimum atomic E-state index is -1.03. The van der Waals surface area contributed by atoms with Crippen molar-refractivity contribution < 1.29 is 37.9 Å². The van der Waals surface area contributed by atoms with E-state index >= 15 is 0 Å². The molecule has 93 heavy (non-hydrogen) atoms. The lowest BCUT2D eigenvalue weighted by atomic mass is 9.69. The zero-order valence-corrected chi connectivity index (χ0v) is 53.0. The molecule has 0 fully saturated rings. The number of anilines is 12. The van der Waals surface area contributed by atoms with Crippen molar-refractivity contribution in [2.75, 3.05) is 76.5 Å². The molecule has 460 valence electrons. The third-order valence-electron chi connectivity index (χ3n) is 17.9. The van der Waals surface area contributed by atoms with Gasteiger partial charge in [-0.2, -0.15) is 0 Å². The Morgan fingerprint density at radius 3 is 0.645 bits per heavy atom. The largest absolute Gasteiger partial charge is 0.497 e. The Balaban J connectivity index is 1.34. The van der Waals surface area contributed by atoms with Crippen molar-refractivity contribution in [2.24, 2.45) is 0 Å². The fourth-order valence-corrected chi connectivity index (χ4v) is 13.6. The average Bonchev–Trinajstić information content (AvgIpc) is 1.51. The van der Waals surface area contributed by atoms with Crippen LogP contribution < -0.4 is 57.5 Å². The number of nitrogens with zero attached hydrogens (tertiary/aromatic N) is 4. The van der Waals surface area contributed by atoms with Crippen LogP contribution in [0.2, 0.25) is 0 Å². The molecule has 0 saturated heterocycles. The van der Waals surface area contributed by atoms with Gasteiger partial charge in [-0.15, -0.1) is 0 Å². The highest BCUT2D eigenvalue weighted by atomic mass is 16.5. The number of hydrogen-bond acceptors (Lipinski definition) is 12. The molecule has 2 aliphatic carbocycles. The first-order valence-corrected chi connectivity index (χ1v) is 30.6. The monoisotopic (exact) mass is 1220 g/mol. The molecule has 0 bridgehead atoms. The average molecular weight is 1230 g/mol. The van der Waals surface area contributed by atoms with E-state index in [4.69, 9.17) is 37.9 Å². The highest BCUT2D eigenvalue weighted by Crippen LogP contribution is 2.73. The Hall–Kier alpha value is -11.8. The molecule has 14 rings (SSSR count). The molecule has 0 radical (unpaired) electrons. The van der Waals surface area contributed by atoms with E-state index in [-0.39, 0.29) is 0 Å². The molecule has 0 aromatic heterocycles. The van der Waals surface area contributed by atoms with E-state index in [1.165, 1.54) is 0 Å². The van der Waals surface area contributed by atoms with Gasteiger partial charge in [-0.25, -0.2) is 0 Å². The maximum Gasteiger partial charge on any atom is 0.119 e. The summed E-state index contributed by atoms with van der Waals surface area (Å²) in [6, 6.07) is 93.6. The number of hydrogen-bond donors (Lipinski definition) is 0. The molecule has 0 saturated carbocycles. The normalized spacial score (nSPS) is 12.0. The van der Waals surface area contributed by atoms with Gasteiger partial charge in [0.15, 0.2) is 0 Å². The summed E-state index contributed by atoms with van der Waals surface area (Å²) in [6.45, 7) is 0. The fraction of sp³-hybridized carbons (Fsp3) is 0.111. The number of methoxy groups -OCH3 is 8. The first kappa shape index (κ1) is 58.9. The highest BCUT2D eigenvalue weighted by Gasteiger charge is 2.57. The van der Waals surface area contributed by atoms with Crippen molar-refractivity contribution in [1.82, 2.24) is 0 Å². The van der Waals surface area contributed by atoms with Crippen LogP contribution >= 0.6 is 0 Å². The highest BCUT2D eigenvalue weighted by molar-refractivity contribution is 6.18. The Bertz CT molecular complexity index is 4400. The summed E-state index contributed by atoms with van der Waals surface area (Å²) in [5.74, 6) is 5.59. The van der Waals surface area contributed by atoms with Gasteiger partial charge in [-0.3, -0.25) is 0 Å². The van der Waals surface area contributed by atoms with E-state index < -0.39 is 5.41 Å². The van der Waals surface area contributed by atoms with E-state index in [1.807, 2.05) is 97.1 Å². The van der Waals surface area contributed by atoms with E-state index in [0.29, 0.717) is 46.0 Å². The van der Waals surface area contributed by atoms with Crippen LogP contribution in [0, 0.1) is 0 Å². The van der Waals surface area contributed by atoms with Gasteiger partial charge >= 0.3 is 0 Å². The van der Waals surface area contributed by atoms with Crippen molar-refractivity contribution in [3.8, 4) is 68.2 Å². The Morgan fingerprint density at radius 2 is 0.398 bits per heavy atom. The second-order valence-electron chi connectivity index (χ2n) is 22.5. The summed E-state index contributed by atoms with van der Waals surface area (Å²) in [4.78, 5) is 9.63. The third kappa shape index (κ3) is 10.0. The van der Waals surface area contributed by atoms with Crippen molar-refractivity contribution in [3.63, 3.8) is 0 Å². The van der Waals surface area contributed by atoms with Crippen molar-refractivity contribution in [3.05, 3.63) is 289 Å². The predicted octanol–water partition coefficient (Wildman–Crippen LogP) is 20.0. The minimum absolute atomic E-state index is 0.693. The van der Waals surface area contributed by atoms with E-state index in [0.717, 1.165) is 113 Å². The minimum Gasteiger partial charge on any atom is -0.497 e. The molecule has 2 aliphatic rings. The second kappa shape index (κ2) is 24.9. The quantitative estimate of drug-likeness (QED) is 0.0728. The first-order valence-electron chi connectivity index (χ1n) is 30.6. The van der Waals surface area contributed by atoms with Crippen LogP contribution in [0.4, 0.5) is 68.2 Å². The number of rotatable bonds is 20. The first-order chi connectivity index (χ1) is 45.8. The molecule has 12 heteroatoms. The van der Waals surface area contributed by atoms with Gasteiger partial charge in [0.1, 0.15) is 46.0 Å². The number of fused-ring (bicyclic) bond motifs is 10. The van der Waals surface area contributed by atoms with Crippen LogP contribution in [-0.2, 0) is 5.41 Å². The summed E-state index contributed by atoms with van der Waals surface area (Å²) < 4.78 is 48.0. The molecule has 0 amide bonds. The summed E-state index contributed by atoms with van der Waals surface area (Å²) in [5, 5.41) is 0. The molecule has 0 unspecified atom stereocenters. The molecule has 12 nitrogen and oxygen atoms in total. The lowest BCUT2D eigenvalue weighted by Gasteiger charge is -2.44.